The van der Waals surface area contributed by atoms with E-state index in [4.69, 9.17) is 4.98 Å². The molecule has 0 N–H and O–H groups in total. The highest BCUT2D eigenvalue weighted by molar-refractivity contribution is 7.99. The molecular weight excluding hydrogens is 312 g/mol. The molecule has 0 saturated carbocycles. The Morgan fingerprint density at radius 1 is 1.45 bits per heavy atom. The molecule has 1 atom stereocenters. The van der Waals surface area contributed by atoms with E-state index in [-0.39, 0.29) is 5.56 Å². The molecule has 0 radical (unpaired) electrons. The highest BCUT2D eigenvalue weighted by Gasteiger charge is 2.24. The van der Waals surface area contributed by atoms with E-state index >= 15 is 0 Å². The summed E-state index contributed by atoms with van der Waals surface area (Å²) in [6.07, 6.45) is 6.83. The minimum Gasteiger partial charge on any atom is -0.283 e. The summed E-state index contributed by atoms with van der Waals surface area (Å²) in [5.74, 6) is 1.45. The van der Waals surface area contributed by atoms with Gasteiger partial charge in [0, 0.05) is 17.2 Å². The third-order valence-corrected chi connectivity index (χ3v) is 6.14. The van der Waals surface area contributed by atoms with Gasteiger partial charge in [-0.15, -0.1) is 24.5 Å². The predicted octanol–water partition coefficient (Wildman–Crippen LogP) is 4.05. The Kier molecular flexibility index (Phi) is 4.54. The standard InChI is InChI=1S/C17H20N2OS2/c1-4-8-19-16(20)14-12-7-6-11(3)10-13(12)22-15(14)18-17(19)21-9-5-2/h4-5,11H,1-2,6-10H2,3H3. The number of fused-ring (bicyclic) bond motifs is 3. The first-order chi connectivity index (χ1) is 10.7. The minimum atomic E-state index is 0.0866. The van der Waals surface area contributed by atoms with Crippen LogP contribution in [0.1, 0.15) is 23.8 Å². The Hall–Kier alpha value is -1.33. The fourth-order valence-corrected chi connectivity index (χ4v) is 5.11. The molecule has 0 fully saturated rings. The lowest BCUT2D eigenvalue weighted by Crippen LogP contribution is -2.23. The van der Waals surface area contributed by atoms with Crippen LogP contribution in [0.25, 0.3) is 10.2 Å². The maximum absolute atomic E-state index is 13.0. The van der Waals surface area contributed by atoms with Gasteiger partial charge in [-0.3, -0.25) is 9.36 Å². The van der Waals surface area contributed by atoms with Crippen LogP contribution in [-0.2, 0) is 19.4 Å². The molecule has 2 aromatic heterocycles. The summed E-state index contributed by atoms with van der Waals surface area (Å²) in [6.45, 7) is 10.3. The largest absolute Gasteiger partial charge is 0.283 e. The summed E-state index contributed by atoms with van der Waals surface area (Å²) in [7, 11) is 0. The zero-order valence-electron chi connectivity index (χ0n) is 12.8. The maximum atomic E-state index is 13.0. The number of aromatic nitrogens is 2. The van der Waals surface area contributed by atoms with Gasteiger partial charge >= 0.3 is 0 Å². The molecule has 3 nitrogen and oxygen atoms in total. The number of hydrogen-bond donors (Lipinski definition) is 0. The first kappa shape index (κ1) is 15.6. The first-order valence-electron chi connectivity index (χ1n) is 7.55. The molecule has 5 heteroatoms. The molecule has 1 unspecified atom stereocenters. The van der Waals surface area contributed by atoms with Gasteiger partial charge in [0.1, 0.15) is 4.83 Å². The van der Waals surface area contributed by atoms with Crippen molar-refractivity contribution in [3.63, 3.8) is 0 Å². The third kappa shape index (κ3) is 2.68. The van der Waals surface area contributed by atoms with Crippen LogP contribution in [0.5, 0.6) is 0 Å². The van der Waals surface area contributed by atoms with Gasteiger partial charge in [-0.05, 0) is 30.7 Å². The average Bonchev–Trinajstić information content (AvgIpc) is 2.85. The van der Waals surface area contributed by atoms with Gasteiger partial charge in [0.2, 0.25) is 0 Å². The molecule has 1 aliphatic carbocycles. The molecular formula is C17H20N2OS2. The highest BCUT2D eigenvalue weighted by atomic mass is 32.2. The van der Waals surface area contributed by atoms with Crippen molar-refractivity contribution in [2.24, 2.45) is 5.92 Å². The van der Waals surface area contributed by atoms with E-state index < -0.39 is 0 Å². The van der Waals surface area contributed by atoms with E-state index in [2.05, 4.69) is 20.1 Å². The number of nitrogens with zero attached hydrogens (tertiary/aromatic N) is 2. The number of rotatable bonds is 5. The van der Waals surface area contributed by atoms with Crippen molar-refractivity contribution in [3.8, 4) is 0 Å². The number of allylic oxidation sites excluding steroid dienone is 1. The van der Waals surface area contributed by atoms with Gasteiger partial charge in [0.25, 0.3) is 5.56 Å². The van der Waals surface area contributed by atoms with Crippen molar-refractivity contribution in [3.05, 3.63) is 46.1 Å². The normalized spacial score (nSPS) is 17.4. The van der Waals surface area contributed by atoms with E-state index in [1.807, 2.05) is 6.08 Å². The van der Waals surface area contributed by atoms with Crippen LogP contribution < -0.4 is 5.56 Å². The van der Waals surface area contributed by atoms with Crippen molar-refractivity contribution in [1.29, 1.82) is 0 Å². The SMILES string of the molecule is C=CCSc1nc2sc3c(c2c(=O)n1CC=C)CCC(C)C3. The molecule has 2 heterocycles. The lowest BCUT2D eigenvalue weighted by Gasteiger charge is -2.17. The molecule has 22 heavy (non-hydrogen) atoms. The fourth-order valence-electron chi connectivity index (χ4n) is 2.94. The molecule has 116 valence electrons. The molecule has 0 saturated heterocycles. The lowest BCUT2D eigenvalue weighted by atomic mass is 9.89. The number of thioether (sulfide) groups is 1. The van der Waals surface area contributed by atoms with Crippen LogP contribution >= 0.6 is 23.1 Å². The van der Waals surface area contributed by atoms with Crippen LogP contribution in [0, 0.1) is 5.92 Å². The van der Waals surface area contributed by atoms with Crippen molar-refractivity contribution in [2.45, 2.75) is 37.9 Å². The lowest BCUT2D eigenvalue weighted by molar-refractivity contribution is 0.509. The van der Waals surface area contributed by atoms with Crippen molar-refractivity contribution >= 4 is 33.3 Å². The van der Waals surface area contributed by atoms with E-state index in [0.717, 1.165) is 40.4 Å². The Bertz CT molecular complexity index is 788. The second kappa shape index (κ2) is 6.42. The number of thiophene rings is 1. The van der Waals surface area contributed by atoms with Crippen LogP contribution in [0.2, 0.25) is 0 Å². The maximum Gasteiger partial charge on any atom is 0.263 e. The smallest absolute Gasteiger partial charge is 0.263 e. The fraction of sp³-hybridized carbons (Fsp3) is 0.412. The molecule has 0 aliphatic heterocycles. The molecule has 3 rings (SSSR count). The van der Waals surface area contributed by atoms with Crippen molar-refractivity contribution in [2.75, 3.05) is 5.75 Å². The van der Waals surface area contributed by atoms with E-state index in [0.29, 0.717) is 12.5 Å². The topological polar surface area (TPSA) is 34.9 Å². The Morgan fingerprint density at radius 2 is 2.27 bits per heavy atom. The Labute approximate surface area is 138 Å². The summed E-state index contributed by atoms with van der Waals surface area (Å²) in [5.41, 5.74) is 1.33. The van der Waals surface area contributed by atoms with E-state index in [1.54, 1.807) is 33.7 Å². The summed E-state index contributed by atoms with van der Waals surface area (Å²) in [5, 5.41) is 1.61. The van der Waals surface area contributed by atoms with Gasteiger partial charge in [0.15, 0.2) is 5.16 Å². The molecule has 0 aromatic carbocycles. The summed E-state index contributed by atoms with van der Waals surface area (Å²) in [6, 6.07) is 0. The second-order valence-electron chi connectivity index (χ2n) is 5.73. The van der Waals surface area contributed by atoms with Crippen LogP contribution in [-0.4, -0.2) is 15.3 Å². The van der Waals surface area contributed by atoms with Crippen molar-refractivity contribution < 1.29 is 0 Å². The minimum absolute atomic E-state index is 0.0866. The zero-order valence-corrected chi connectivity index (χ0v) is 14.4. The Balaban J connectivity index is 2.21. The third-order valence-electron chi connectivity index (χ3n) is 4.02. The zero-order chi connectivity index (χ0) is 15.7. The molecule has 0 amide bonds. The first-order valence-corrected chi connectivity index (χ1v) is 9.35. The summed E-state index contributed by atoms with van der Waals surface area (Å²) < 4.78 is 1.74. The van der Waals surface area contributed by atoms with Gasteiger partial charge in [-0.2, -0.15) is 0 Å². The molecule has 2 aromatic rings. The van der Waals surface area contributed by atoms with E-state index in [1.165, 1.54) is 10.4 Å². The molecule has 0 spiro atoms. The average molecular weight is 332 g/mol. The Morgan fingerprint density at radius 3 is 3.00 bits per heavy atom. The van der Waals surface area contributed by atoms with Crippen LogP contribution in [0.4, 0.5) is 0 Å². The number of hydrogen-bond acceptors (Lipinski definition) is 4. The predicted molar refractivity (Wildman–Crippen MR) is 96.2 cm³/mol. The summed E-state index contributed by atoms with van der Waals surface area (Å²) in [4.78, 5) is 20.0. The second-order valence-corrected chi connectivity index (χ2v) is 7.80. The van der Waals surface area contributed by atoms with Gasteiger partial charge < -0.3 is 0 Å². The number of aryl methyl sites for hydroxylation is 1. The summed E-state index contributed by atoms with van der Waals surface area (Å²) >= 11 is 3.26. The van der Waals surface area contributed by atoms with Gasteiger partial charge in [-0.25, -0.2) is 4.98 Å². The van der Waals surface area contributed by atoms with Crippen LogP contribution in [0.15, 0.2) is 35.3 Å². The van der Waals surface area contributed by atoms with Gasteiger partial charge in [0.05, 0.1) is 5.39 Å². The van der Waals surface area contributed by atoms with Crippen LogP contribution in [0.3, 0.4) is 0 Å². The molecule has 1 aliphatic rings. The van der Waals surface area contributed by atoms with Crippen molar-refractivity contribution in [1.82, 2.24) is 9.55 Å². The molecule has 0 bridgehead atoms. The quantitative estimate of drug-likeness (QED) is 0.471. The monoisotopic (exact) mass is 332 g/mol. The van der Waals surface area contributed by atoms with E-state index in [9.17, 15) is 4.79 Å². The highest BCUT2D eigenvalue weighted by Crippen LogP contribution is 2.36. The van der Waals surface area contributed by atoms with Gasteiger partial charge in [-0.1, -0.05) is 30.8 Å².